The Morgan fingerprint density at radius 2 is 1.18 bits per heavy atom. The van der Waals surface area contributed by atoms with Crippen LogP contribution in [0.25, 0.3) is 21.5 Å². The zero-order valence-corrected chi connectivity index (χ0v) is 21.1. The van der Waals surface area contributed by atoms with Crippen LogP contribution in [0.2, 0.25) is 0 Å². The highest BCUT2D eigenvalue weighted by atomic mass is 19.4. The molecule has 7 nitrogen and oxygen atoms in total. The van der Waals surface area contributed by atoms with Gasteiger partial charge in [0.15, 0.2) is 18.3 Å². The summed E-state index contributed by atoms with van der Waals surface area (Å²) in [5, 5.41) is 1.59. The minimum Gasteiger partial charge on any atom is -0.455 e. The Balaban J connectivity index is 2.13. The first-order valence-corrected chi connectivity index (χ1v) is 11.8. The number of carbonyl (C=O) groups is 3. The average Bonchev–Trinajstić information content (AvgIpc) is 2.82. The summed E-state index contributed by atoms with van der Waals surface area (Å²) in [6.07, 6.45) is -23.9. The van der Waals surface area contributed by atoms with Crippen LogP contribution in [-0.2, 0) is 33.3 Å². The second kappa shape index (κ2) is 10.6. The van der Waals surface area contributed by atoms with Crippen molar-refractivity contribution >= 4 is 39.5 Å². The number of fused-ring (bicyclic) bond motifs is 5. The van der Waals surface area contributed by atoms with Gasteiger partial charge in [0.05, 0.1) is 0 Å². The van der Waals surface area contributed by atoms with Gasteiger partial charge in [-0.15, -0.1) is 0 Å². The third kappa shape index (κ3) is 5.69. The van der Waals surface area contributed by atoms with Gasteiger partial charge in [-0.05, 0) is 21.5 Å². The maximum atomic E-state index is 13.8. The summed E-state index contributed by atoms with van der Waals surface area (Å²) in [5.74, 6) is -3.06. The molecule has 0 saturated carbocycles. The number of rotatable bonds is 5. The van der Waals surface area contributed by atoms with Crippen LogP contribution < -0.4 is 0 Å². The maximum absolute atomic E-state index is 13.8. The van der Waals surface area contributed by atoms with Crippen molar-refractivity contribution in [2.45, 2.75) is 63.6 Å². The van der Waals surface area contributed by atoms with Gasteiger partial charge in [-0.1, -0.05) is 48.5 Å². The van der Waals surface area contributed by atoms with Crippen molar-refractivity contribution in [1.82, 2.24) is 0 Å². The fourth-order valence-electron chi connectivity index (χ4n) is 4.96. The molecule has 0 fully saturated rings. The van der Waals surface area contributed by atoms with Crippen LogP contribution in [-0.4, -0.2) is 48.6 Å². The summed E-state index contributed by atoms with van der Waals surface area (Å²) in [5.41, 5.74) is -0.324. The largest absolute Gasteiger partial charge is 0.455 e. The SMILES string of the molecule is CC(=O)O[C@@H]1[C@@H](OC(C)=O)[C@@H](OC(C(F)(F)F)C(F)(F)F)c2c(ccc3ccc4ccccc4c23)[C@H]1OC(C)=O. The molecule has 13 heteroatoms. The summed E-state index contributed by atoms with van der Waals surface area (Å²) >= 11 is 0. The molecule has 40 heavy (non-hydrogen) atoms. The van der Waals surface area contributed by atoms with Crippen molar-refractivity contribution in [2.75, 3.05) is 0 Å². The topological polar surface area (TPSA) is 88.1 Å². The third-order valence-corrected chi connectivity index (χ3v) is 6.27. The van der Waals surface area contributed by atoms with E-state index in [0.717, 1.165) is 20.8 Å². The van der Waals surface area contributed by atoms with Crippen molar-refractivity contribution in [3.05, 3.63) is 59.7 Å². The first-order valence-electron chi connectivity index (χ1n) is 11.8. The lowest BCUT2D eigenvalue weighted by Gasteiger charge is -2.43. The fraction of sp³-hybridized carbons (Fsp3) is 0.370. The number of ether oxygens (including phenoxy) is 4. The molecule has 0 spiro atoms. The Kier molecular flexibility index (Phi) is 7.72. The van der Waals surface area contributed by atoms with Crippen molar-refractivity contribution in [2.24, 2.45) is 0 Å². The van der Waals surface area contributed by atoms with E-state index >= 15 is 0 Å². The van der Waals surface area contributed by atoms with Crippen LogP contribution in [0.1, 0.15) is 44.1 Å². The van der Waals surface area contributed by atoms with Crippen LogP contribution in [0.15, 0.2) is 48.5 Å². The van der Waals surface area contributed by atoms with Gasteiger partial charge in [0.25, 0.3) is 0 Å². The summed E-state index contributed by atoms with van der Waals surface area (Å²) < 4.78 is 103. The third-order valence-electron chi connectivity index (χ3n) is 6.27. The van der Waals surface area contributed by atoms with Gasteiger partial charge in [-0.25, -0.2) is 0 Å². The van der Waals surface area contributed by atoms with E-state index in [4.69, 9.17) is 18.9 Å². The summed E-state index contributed by atoms with van der Waals surface area (Å²) in [4.78, 5) is 36.2. The van der Waals surface area contributed by atoms with Crippen LogP contribution in [0, 0.1) is 0 Å². The highest BCUT2D eigenvalue weighted by molar-refractivity contribution is 6.10. The summed E-state index contributed by atoms with van der Waals surface area (Å²) in [6.45, 7) is 2.79. The Bertz CT molecular complexity index is 1450. The quantitative estimate of drug-likeness (QED) is 0.160. The number of benzene rings is 3. The van der Waals surface area contributed by atoms with E-state index in [1.165, 1.54) is 12.1 Å². The molecule has 4 rings (SSSR count). The molecule has 0 unspecified atom stereocenters. The number of esters is 3. The van der Waals surface area contributed by atoms with Gasteiger partial charge >= 0.3 is 30.3 Å². The molecule has 1 aliphatic rings. The molecular weight excluding hydrogens is 550 g/mol. The maximum Gasteiger partial charge on any atom is 0.423 e. The molecule has 1 aliphatic carbocycles. The lowest BCUT2D eigenvalue weighted by atomic mass is 9.79. The fourth-order valence-corrected chi connectivity index (χ4v) is 4.96. The molecule has 0 aliphatic heterocycles. The van der Waals surface area contributed by atoms with Gasteiger partial charge in [0.1, 0.15) is 6.10 Å². The van der Waals surface area contributed by atoms with Gasteiger partial charge in [-0.2, -0.15) is 26.3 Å². The molecule has 3 aromatic rings. The van der Waals surface area contributed by atoms with E-state index in [-0.39, 0.29) is 16.5 Å². The molecule has 0 radical (unpaired) electrons. The normalized spacial score (nSPS) is 21.2. The Labute approximate surface area is 222 Å². The van der Waals surface area contributed by atoms with E-state index in [1.54, 1.807) is 36.4 Å². The van der Waals surface area contributed by atoms with E-state index in [9.17, 15) is 40.7 Å². The molecular formula is C27H22F6O7. The zero-order valence-electron chi connectivity index (χ0n) is 21.1. The lowest BCUT2D eigenvalue weighted by Crippen LogP contribution is -2.52. The molecule has 0 amide bonds. The van der Waals surface area contributed by atoms with E-state index in [0.29, 0.717) is 16.2 Å². The molecule has 0 heterocycles. The molecule has 0 bridgehead atoms. The van der Waals surface area contributed by atoms with E-state index in [1.807, 2.05) is 0 Å². The van der Waals surface area contributed by atoms with E-state index < -0.39 is 60.8 Å². The first kappa shape index (κ1) is 29.1. The van der Waals surface area contributed by atoms with Gasteiger partial charge in [0.2, 0.25) is 6.10 Å². The number of alkyl halides is 6. The molecule has 4 atom stereocenters. The number of hydrogen-bond acceptors (Lipinski definition) is 7. The van der Waals surface area contributed by atoms with Gasteiger partial charge in [-0.3, -0.25) is 14.4 Å². The summed E-state index contributed by atoms with van der Waals surface area (Å²) in [7, 11) is 0. The lowest BCUT2D eigenvalue weighted by molar-refractivity contribution is -0.341. The average molecular weight is 572 g/mol. The van der Waals surface area contributed by atoms with Crippen molar-refractivity contribution < 1.29 is 59.7 Å². The van der Waals surface area contributed by atoms with Gasteiger partial charge in [0, 0.05) is 31.9 Å². The Morgan fingerprint density at radius 1 is 0.675 bits per heavy atom. The highest BCUT2D eigenvalue weighted by Gasteiger charge is 2.61. The predicted octanol–water partition coefficient (Wildman–Crippen LogP) is 6.03. The van der Waals surface area contributed by atoms with Crippen molar-refractivity contribution in [3.63, 3.8) is 0 Å². The van der Waals surface area contributed by atoms with Crippen LogP contribution in [0.4, 0.5) is 26.3 Å². The second-order valence-corrected chi connectivity index (χ2v) is 9.15. The zero-order chi connectivity index (χ0) is 29.6. The Hall–Kier alpha value is -3.87. The standard InChI is InChI=1S/C27H22F6O7/c1-12(34)37-21-18-11-10-16-9-8-15-6-4-5-7-17(15)19(16)20(18)22(40-25(26(28,29)30)27(31,32)33)24(39-14(3)36)23(21)38-13(2)35/h4-11,21-25H,1-3H3/t21-,22+,23+,24+/m1/s1. The Morgan fingerprint density at radius 3 is 1.73 bits per heavy atom. The van der Waals surface area contributed by atoms with Crippen LogP contribution in [0.5, 0.6) is 0 Å². The number of hydrogen-bond donors (Lipinski definition) is 0. The van der Waals surface area contributed by atoms with E-state index in [2.05, 4.69) is 0 Å². The minimum absolute atomic E-state index is 0.0817. The van der Waals surface area contributed by atoms with Crippen molar-refractivity contribution in [3.8, 4) is 0 Å². The molecule has 214 valence electrons. The molecule has 3 aromatic carbocycles. The first-order chi connectivity index (χ1) is 18.6. The molecule has 0 aromatic heterocycles. The molecule has 0 N–H and O–H groups in total. The predicted molar refractivity (Wildman–Crippen MR) is 127 cm³/mol. The molecule has 0 saturated heterocycles. The van der Waals surface area contributed by atoms with Crippen LogP contribution >= 0.6 is 0 Å². The summed E-state index contributed by atoms with van der Waals surface area (Å²) in [6, 6.07) is 12.7. The highest BCUT2D eigenvalue weighted by Crippen LogP contribution is 2.50. The minimum atomic E-state index is -5.92. The number of halogens is 6. The smallest absolute Gasteiger partial charge is 0.423 e. The van der Waals surface area contributed by atoms with Crippen molar-refractivity contribution in [1.29, 1.82) is 0 Å². The number of carbonyl (C=O) groups excluding carboxylic acids is 3. The second-order valence-electron chi connectivity index (χ2n) is 9.15. The van der Waals surface area contributed by atoms with Crippen LogP contribution in [0.3, 0.4) is 0 Å². The monoisotopic (exact) mass is 572 g/mol. The van der Waals surface area contributed by atoms with Gasteiger partial charge < -0.3 is 18.9 Å².